The Bertz CT molecular complexity index is 778. The molecule has 8 heteroatoms. The van der Waals surface area contributed by atoms with E-state index >= 15 is 0 Å². The van der Waals surface area contributed by atoms with E-state index in [4.69, 9.17) is 25.8 Å². The van der Waals surface area contributed by atoms with E-state index in [1.807, 2.05) is 36.4 Å². The first-order valence-electron chi connectivity index (χ1n) is 10.9. The van der Waals surface area contributed by atoms with Crippen LogP contribution in [-0.4, -0.2) is 54.7 Å². The Morgan fingerprint density at radius 1 is 1.15 bits per heavy atom. The number of ether oxygens (including phenoxy) is 3. The first-order chi connectivity index (χ1) is 15.6. The predicted molar refractivity (Wildman–Crippen MR) is 153 cm³/mol. The third kappa shape index (κ3) is 11.8. The monoisotopic (exact) mass is 704 g/mol. The van der Waals surface area contributed by atoms with Gasteiger partial charge >= 0.3 is 0 Å². The Morgan fingerprint density at radius 3 is 2.39 bits per heavy atom. The average molecular weight is 705 g/mol. The van der Waals surface area contributed by atoms with Gasteiger partial charge in [-0.3, -0.25) is 0 Å². The van der Waals surface area contributed by atoms with E-state index in [0.29, 0.717) is 18.1 Å². The molecule has 3 atom stereocenters. The van der Waals surface area contributed by atoms with Gasteiger partial charge in [-0.1, -0.05) is 66.3 Å². The summed E-state index contributed by atoms with van der Waals surface area (Å²) >= 11 is 10.1. The van der Waals surface area contributed by atoms with Crippen molar-refractivity contribution in [1.82, 2.24) is 0 Å². The molecular formula is C25H35ClI2O5. The lowest BCUT2D eigenvalue weighted by Gasteiger charge is -2.25. The van der Waals surface area contributed by atoms with Crippen molar-refractivity contribution >= 4 is 56.8 Å². The van der Waals surface area contributed by atoms with Gasteiger partial charge in [-0.15, -0.1) is 11.6 Å². The topological polar surface area (TPSA) is 68.2 Å². The maximum Gasteiger partial charge on any atom is 0.132 e. The summed E-state index contributed by atoms with van der Waals surface area (Å²) in [7, 11) is 0. The minimum atomic E-state index is -0.721. The van der Waals surface area contributed by atoms with E-state index < -0.39 is 12.2 Å². The molecule has 3 unspecified atom stereocenters. The van der Waals surface area contributed by atoms with Crippen LogP contribution >= 0.6 is 56.8 Å². The van der Waals surface area contributed by atoms with Crippen molar-refractivity contribution in [2.24, 2.45) is 0 Å². The third-order valence-electron chi connectivity index (χ3n) is 4.89. The number of benzene rings is 1. The van der Waals surface area contributed by atoms with Crippen LogP contribution in [0.25, 0.3) is 0 Å². The molecule has 2 N–H and O–H groups in total. The van der Waals surface area contributed by atoms with E-state index in [-0.39, 0.29) is 29.1 Å². The number of alkyl halides is 2. The highest BCUT2D eigenvalue weighted by Crippen LogP contribution is 2.39. The highest BCUT2D eigenvalue weighted by molar-refractivity contribution is 14.1. The Balaban J connectivity index is 2.75. The molecule has 0 amide bonds. The number of aliphatic hydroxyl groups excluding tert-OH is 2. The summed E-state index contributed by atoms with van der Waals surface area (Å²) in [4.78, 5) is 0. The molecule has 0 heterocycles. The molecule has 0 saturated carbocycles. The zero-order valence-electron chi connectivity index (χ0n) is 19.5. The lowest BCUT2D eigenvalue weighted by molar-refractivity contribution is 0.0113. The van der Waals surface area contributed by atoms with Crippen LogP contribution in [0.4, 0.5) is 0 Å². The fourth-order valence-corrected chi connectivity index (χ4v) is 3.57. The molecule has 1 aromatic rings. The van der Waals surface area contributed by atoms with Crippen molar-refractivity contribution in [1.29, 1.82) is 0 Å². The van der Waals surface area contributed by atoms with Crippen LogP contribution in [0.1, 0.15) is 39.2 Å². The Kier molecular flexibility index (Phi) is 15.2. The normalized spacial score (nSPS) is 16.1. The second-order valence-electron chi connectivity index (χ2n) is 7.83. The average Bonchev–Trinajstić information content (AvgIpc) is 2.80. The summed E-state index contributed by atoms with van der Waals surface area (Å²) in [6.07, 6.45) is 4.55. The zero-order valence-corrected chi connectivity index (χ0v) is 24.6. The number of hydrogen-bond donors (Lipinski definition) is 2. The van der Waals surface area contributed by atoms with Crippen molar-refractivity contribution in [2.45, 2.75) is 49.2 Å². The van der Waals surface area contributed by atoms with Crippen molar-refractivity contribution in [2.75, 3.05) is 32.3 Å². The Hall–Kier alpha value is -0.330. The molecule has 0 aromatic heterocycles. The predicted octanol–water partition coefficient (Wildman–Crippen LogP) is 6.29. The summed E-state index contributed by atoms with van der Waals surface area (Å²) in [5.74, 6) is 1.43. The van der Waals surface area contributed by atoms with E-state index in [1.54, 1.807) is 0 Å². The maximum absolute atomic E-state index is 9.99. The van der Waals surface area contributed by atoms with Gasteiger partial charge in [0, 0.05) is 10.2 Å². The first kappa shape index (κ1) is 30.7. The summed E-state index contributed by atoms with van der Waals surface area (Å²) in [5.41, 5.74) is 2.24. The standard InChI is InChI=1S/C25H35ClI2O5/c1-5-6-13-31-15-22(30)17-32-23-10-8-20(9-11-23)25(4,28)18(2)7-12-24(19(3)27)33-16-21(29)14-26/h7-12,21-22,29-30H,3,5-6,13-17H2,1-2,4H3/b18-7+,24-12+. The minimum Gasteiger partial charge on any atom is -0.491 e. The molecule has 1 rings (SSSR count). The second-order valence-corrected chi connectivity index (χ2v) is 11.6. The molecule has 1 aromatic carbocycles. The first-order valence-corrected chi connectivity index (χ1v) is 13.6. The molecule has 0 aliphatic heterocycles. The van der Waals surface area contributed by atoms with Gasteiger partial charge in [-0.25, -0.2) is 0 Å². The van der Waals surface area contributed by atoms with E-state index in [9.17, 15) is 10.2 Å². The second kappa shape index (κ2) is 16.4. The number of hydrogen-bond acceptors (Lipinski definition) is 5. The summed E-state index contributed by atoms with van der Waals surface area (Å²) in [6.45, 7) is 11.5. The van der Waals surface area contributed by atoms with E-state index in [2.05, 4.69) is 72.5 Å². The van der Waals surface area contributed by atoms with Crippen molar-refractivity contribution < 1.29 is 24.4 Å². The van der Waals surface area contributed by atoms with Crippen molar-refractivity contribution in [3.05, 3.63) is 63.5 Å². The lowest BCUT2D eigenvalue weighted by atomic mass is 9.93. The van der Waals surface area contributed by atoms with Crippen LogP contribution in [0.15, 0.2) is 57.9 Å². The molecular weight excluding hydrogens is 670 g/mol. The van der Waals surface area contributed by atoms with Crippen LogP contribution in [0, 0.1) is 0 Å². The lowest BCUT2D eigenvalue weighted by Crippen LogP contribution is -2.23. The molecule has 0 radical (unpaired) electrons. The number of rotatable bonds is 16. The Labute approximate surface area is 230 Å². The van der Waals surface area contributed by atoms with Gasteiger partial charge < -0.3 is 24.4 Å². The molecule has 0 fully saturated rings. The zero-order chi connectivity index (χ0) is 24.9. The highest BCUT2D eigenvalue weighted by atomic mass is 127. The molecule has 0 aliphatic carbocycles. The SMILES string of the molecule is C=C(I)/C(=C\C=C(/C)C(C)(I)c1ccc(OCC(O)COCCCC)cc1)OCC(O)CCl. The quantitative estimate of drug-likeness (QED) is 0.0697. The van der Waals surface area contributed by atoms with Crippen LogP contribution in [0.5, 0.6) is 5.75 Å². The molecule has 5 nitrogen and oxygen atoms in total. The Morgan fingerprint density at radius 2 is 1.82 bits per heavy atom. The van der Waals surface area contributed by atoms with Gasteiger partial charge in [0.2, 0.25) is 0 Å². The molecule has 0 saturated heterocycles. The van der Waals surface area contributed by atoms with Gasteiger partial charge in [0.15, 0.2) is 0 Å². The van der Waals surface area contributed by atoms with Gasteiger partial charge in [-0.2, -0.15) is 0 Å². The number of halogens is 3. The van der Waals surface area contributed by atoms with Crippen molar-refractivity contribution in [3.63, 3.8) is 0 Å². The van der Waals surface area contributed by atoms with E-state index in [0.717, 1.165) is 27.6 Å². The molecule has 0 spiro atoms. The van der Waals surface area contributed by atoms with Gasteiger partial charge in [0.05, 0.1) is 15.9 Å². The molecule has 186 valence electrons. The van der Waals surface area contributed by atoms with E-state index in [1.165, 1.54) is 0 Å². The fourth-order valence-electron chi connectivity index (χ4n) is 2.60. The van der Waals surface area contributed by atoms with Crippen molar-refractivity contribution in [3.8, 4) is 5.75 Å². The smallest absolute Gasteiger partial charge is 0.132 e. The minimum absolute atomic E-state index is 0.118. The molecule has 33 heavy (non-hydrogen) atoms. The fraction of sp³-hybridized carbons (Fsp3) is 0.520. The van der Waals surface area contributed by atoms with Crippen LogP contribution in [0.2, 0.25) is 0 Å². The summed E-state index contributed by atoms with van der Waals surface area (Å²) in [6, 6.07) is 7.88. The maximum atomic E-state index is 9.99. The molecule has 0 aliphatic rings. The summed E-state index contributed by atoms with van der Waals surface area (Å²) < 4.78 is 17.3. The van der Waals surface area contributed by atoms with Gasteiger partial charge in [-0.05, 0) is 66.6 Å². The third-order valence-corrected chi connectivity index (χ3v) is 7.25. The largest absolute Gasteiger partial charge is 0.491 e. The number of aliphatic hydroxyl groups is 2. The molecule has 0 bridgehead atoms. The van der Waals surface area contributed by atoms with Gasteiger partial charge in [0.1, 0.15) is 36.9 Å². The highest BCUT2D eigenvalue weighted by Gasteiger charge is 2.24. The number of allylic oxidation sites excluding steroid dienone is 4. The van der Waals surface area contributed by atoms with Crippen LogP contribution in [-0.2, 0) is 12.9 Å². The summed E-state index contributed by atoms with van der Waals surface area (Å²) in [5, 5.41) is 19.6. The van der Waals surface area contributed by atoms with Gasteiger partial charge in [0.25, 0.3) is 0 Å². The van der Waals surface area contributed by atoms with Crippen LogP contribution < -0.4 is 4.74 Å². The van der Waals surface area contributed by atoms with Crippen LogP contribution in [0.3, 0.4) is 0 Å². The number of unbranched alkanes of at least 4 members (excludes halogenated alkanes) is 1.